The van der Waals surface area contributed by atoms with Gasteiger partial charge in [-0.3, -0.25) is 9.52 Å². The lowest BCUT2D eigenvalue weighted by Gasteiger charge is -2.11. The first-order valence-electron chi connectivity index (χ1n) is 9.17. The van der Waals surface area contributed by atoms with Crippen LogP contribution < -0.4 is 10.0 Å². The second kappa shape index (κ2) is 9.73. The minimum absolute atomic E-state index is 0.0264. The maximum atomic E-state index is 13.0. The number of anilines is 1. The smallest absolute Gasteiger partial charge is 0.263 e. The summed E-state index contributed by atoms with van der Waals surface area (Å²) in [6.45, 7) is 1.25. The zero-order valence-corrected chi connectivity index (χ0v) is 17.5. The summed E-state index contributed by atoms with van der Waals surface area (Å²) in [5, 5.41) is 2.74. The van der Waals surface area contributed by atoms with Gasteiger partial charge in [0.1, 0.15) is 10.7 Å². The highest BCUT2D eigenvalue weighted by Crippen LogP contribution is 2.25. The summed E-state index contributed by atoms with van der Waals surface area (Å²) in [5.74, 6) is -0.882. The normalized spacial score (nSPS) is 11.3. The van der Waals surface area contributed by atoms with Crippen molar-refractivity contribution in [3.05, 3.63) is 77.6 Å². The Balaban J connectivity index is 1.61. The molecular formula is C20H20ClFN4O3S. The third-order valence-corrected chi connectivity index (χ3v) is 6.13. The van der Waals surface area contributed by atoms with Crippen LogP contribution in [0.15, 0.2) is 66.1 Å². The van der Waals surface area contributed by atoms with Crippen LogP contribution in [0.4, 0.5) is 10.1 Å². The van der Waals surface area contributed by atoms with E-state index in [9.17, 15) is 17.6 Å². The molecule has 0 aliphatic carbocycles. The zero-order valence-electron chi connectivity index (χ0n) is 15.9. The largest absolute Gasteiger partial charge is 0.352 e. The van der Waals surface area contributed by atoms with Gasteiger partial charge >= 0.3 is 0 Å². The van der Waals surface area contributed by atoms with E-state index in [1.54, 1.807) is 12.5 Å². The van der Waals surface area contributed by atoms with Crippen LogP contribution in [0.2, 0.25) is 5.02 Å². The number of unbranched alkanes of at least 4 members (excludes halogenated alkanes) is 1. The first-order valence-corrected chi connectivity index (χ1v) is 11.0. The number of halogens is 2. The van der Waals surface area contributed by atoms with Crippen LogP contribution in [0.3, 0.4) is 0 Å². The monoisotopic (exact) mass is 450 g/mol. The Morgan fingerprint density at radius 2 is 1.90 bits per heavy atom. The lowest BCUT2D eigenvalue weighted by Crippen LogP contribution is -2.25. The van der Waals surface area contributed by atoms with Crippen LogP contribution in [0, 0.1) is 5.82 Å². The van der Waals surface area contributed by atoms with Gasteiger partial charge in [0.05, 0.1) is 11.3 Å². The molecule has 0 fully saturated rings. The molecule has 3 aromatic rings. The topological polar surface area (TPSA) is 93.1 Å². The van der Waals surface area contributed by atoms with Gasteiger partial charge in [-0.15, -0.1) is 0 Å². The van der Waals surface area contributed by atoms with Gasteiger partial charge in [-0.1, -0.05) is 11.6 Å². The Hall–Kier alpha value is -2.91. The molecule has 0 radical (unpaired) electrons. The fourth-order valence-corrected chi connectivity index (χ4v) is 4.31. The molecule has 30 heavy (non-hydrogen) atoms. The molecule has 1 aromatic heterocycles. The molecule has 1 amide bonds. The predicted molar refractivity (Wildman–Crippen MR) is 112 cm³/mol. The number of aromatic nitrogens is 2. The molecule has 0 spiro atoms. The van der Waals surface area contributed by atoms with Crippen LogP contribution in [-0.2, 0) is 16.6 Å². The number of hydrogen-bond donors (Lipinski definition) is 2. The number of rotatable bonds is 9. The molecule has 0 atom stereocenters. The number of nitrogens with zero attached hydrogens (tertiary/aromatic N) is 2. The van der Waals surface area contributed by atoms with Crippen molar-refractivity contribution in [3.63, 3.8) is 0 Å². The van der Waals surface area contributed by atoms with Gasteiger partial charge in [-0.25, -0.2) is 17.8 Å². The first-order chi connectivity index (χ1) is 14.3. The van der Waals surface area contributed by atoms with Gasteiger partial charge in [-0.2, -0.15) is 0 Å². The van der Waals surface area contributed by atoms with Crippen LogP contribution in [0.1, 0.15) is 23.2 Å². The highest BCUT2D eigenvalue weighted by Gasteiger charge is 2.20. The van der Waals surface area contributed by atoms with E-state index in [1.165, 1.54) is 30.3 Å². The van der Waals surface area contributed by atoms with E-state index in [4.69, 9.17) is 11.6 Å². The van der Waals surface area contributed by atoms with Gasteiger partial charge in [-0.05, 0) is 55.3 Å². The van der Waals surface area contributed by atoms with Crippen molar-refractivity contribution in [2.75, 3.05) is 11.3 Å². The number of sulfonamides is 1. The van der Waals surface area contributed by atoms with Crippen LogP contribution in [-0.4, -0.2) is 30.4 Å². The van der Waals surface area contributed by atoms with E-state index in [-0.39, 0.29) is 21.2 Å². The van der Waals surface area contributed by atoms with E-state index < -0.39 is 21.7 Å². The molecule has 2 aromatic carbocycles. The lowest BCUT2D eigenvalue weighted by molar-refractivity contribution is 0.0952. The predicted octanol–water partition coefficient (Wildman–Crippen LogP) is 3.69. The highest BCUT2D eigenvalue weighted by atomic mass is 35.5. The molecule has 0 aliphatic heterocycles. The Kier molecular flexibility index (Phi) is 7.07. The highest BCUT2D eigenvalue weighted by molar-refractivity contribution is 7.92. The summed E-state index contributed by atoms with van der Waals surface area (Å²) in [6.07, 6.45) is 6.93. The second-order valence-corrected chi connectivity index (χ2v) is 8.58. The number of aryl methyl sites for hydroxylation is 1. The number of amides is 1. The van der Waals surface area contributed by atoms with Crippen LogP contribution >= 0.6 is 11.6 Å². The molecule has 0 aliphatic rings. The molecule has 158 valence electrons. The van der Waals surface area contributed by atoms with E-state index in [0.29, 0.717) is 6.54 Å². The Morgan fingerprint density at radius 1 is 1.13 bits per heavy atom. The van der Waals surface area contributed by atoms with Crippen molar-refractivity contribution in [3.8, 4) is 0 Å². The fraction of sp³-hybridized carbons (Fsp3) is 0.200. The quantitative estimate of drug-likeness (QED) is 0.486. The number of carbonyl (C=O) groups excluding carboxylic acids is 1. The molecule has 0 unspecified atom stereocenters. The van der Waals surface area contributed by atoms with Crippen LogP contribution in [0.5, 0.6) is 0 Å². The molecule has 0 bridgehead atoms. The number of carbonyl (C=O) groups is 1. The molecule has 0 saturated carbocycles. The van der Waals surface area contributed by atoms with Crippen molar-refractivity contribution < 1.29 is 17.6 Å². The van der Waals surface area contributed by atoms with E-state index in [1.807, 2.05) is 10.8 Å². The van der Waals surface area contributed by atoms with Gasteiger partial charge in [0.2, 0.25) is 0 Å². The summed E-state index contributed by atoms with van der Waals surface area (Å²) in [6, 6.07) is 8.89. The molecule has 7 nitrogen and oxygen atoms in total. The van der Waals surface area contributed by atoms with Crippen molar-refractivity contribution >= 4 is 33.2 Å². The third-order valence-electron chi connectivity index (χ3n) is 4.27. The van der Waals surface area contributed by atoms with E-state index in [2.05, 4.69) is 15.0 Å². The number of nitrogens with one attached hydrogen (secondary N) is 2. The second-order valence-electron chi connectivity index (χ2n) is 6.52. The molecule has 0 saturated heterocycles. The van der Waals surface area contributed by atoms with Crippen molar-refractivity contribution in [2.24, 2.45) is 0 Å². The maximum absolute atomic E-state index is 13.0. The molecule has 2 N–H and O–H groups in total. The number of imidazole rings is 1. The van der Waals surface area contributed by atoms with E-state index >= 15 is 0 Å². The molecule has 10 heteroatoms. The Bertz CT molecular complexity index is 1100. The van der Waals surface area contributed by atoms with Gasteiger partial charge in [0.15, 0.2) is 0 Å². The summed E-state index contributed by atoms with van der Waals surface area (Å²) in [5.41, 5.74) is 0.355. The average Bonchev–Trinajstić information content (AvgIpc) is 3.23. The van der Waals surface area contributed by atoms with Crippen LogP contribution in [0.25, 0.3) is 0 Å². The molecule has 1 heterocycles. The Morgan fingerprint density at radius 3 is 2.60 bits per heavy atom. The van der Waals surface area contributed by atoms with Crippen molar-refractivity contribution in [1.82, 2.24) is 14.9 Å². The lowest BCUT2D eigenvalue weighted by atomic mass is 10.2. The minimum Gasteiger partial charge on any atom is -0.352 e. The standard InChI is InChI=1S/C20H20ClFN4O3S/c21-18-8-3-15(20(27)24-9-1-2-11-26-12-10-23-14-26)13-19(18)30(28,29)25-17-6-4-16(22)5-7-17/h3-8,10,12-14,25H,1-2,9,11H2,(H,24,27). The maximum Gasteiger partial charge on any atom is 0.263 e. The molecular weight excluding hydrogens is 431 g/mol. The average molecular weight is 451 g/mol. The summed E-state index contributed by atoms with van der Waals surface area (Å²) in [4.78, 5) is 16.1. The van der Waals surface area contributed by atoms with E-state index in [0.717, 1.165) is 31.5 Å². The van der Waals surface area contributed by atoms with Gasteiger partial charge in [0, 0.05) is 36.7 Å². The fourth-order valence-electron chi connectivity index (χ4n) is 2.72. The SMILES string of the molecule is O=C(NCCCCn1ccnc1)c1ccc(Cl)c(S(=O)(=O)Nc2ccc(F)cc2)c1. The summed E-state index contributed by atoms with van der Waals surface area (Å²) >= 11 is 6.05. The number of hydrogen-bond acceptors (Lipinski definition) is 4. The third kappa shape index (κ3) is 5.80. The zero-order chi connectivity index (χ0) is 21.6. The van der Waals surface area contributed by atoms with Crippen molar-refractivity contribution in [2.45, 2.75) is 24.3 Å². The number of benzene rings is 2. The minimum atomic E-state index is -4.06. The van der Waals surface area contributed by atoms with Crippen molar-refractivity contribution in [1.29, 1.82) is 0 Å². The first kappa shape index (κ1) is 21.8. The summed E-state index contributed by atoms with van der Waals surface area (Å²) in [7, 11) is -4.06. The van der Waals surface area contributed by atoms with Gasteiger partial charge in [0.25, 0.3) is 15.9 Å². The molecule has 3 rings (SSSR count). The Labute approximate surface area is 178 Å². The summed E-state index contributed by atoms with van der Waals surface area (Å²) < 4.78 is 42.6. The van der Waals surface area contributed by atoms with Gasteiger partial charge < -0.3 is 9.88 Å².